The van der Waals surface area contributed by atoms with E-state index in [0.29, 0.717) is 16.9 Å². The van der Waals surface area contributed by atoms with Crippen LogP contribution in [0.4, 0.5) is 0 Å². The summed E-state index contributed by atoms with van der Waals surface area (Å²) in [6.07, 6.45) is 4.97. The van der Waals surface area contributed by atoms with Crippen molar-refractivity contribution in [3.63, 3.8) is 0 Å². The first kappa shape index (κ1) is 11.9. The van der Waals surface area contributed by atoms with E-state index in [0.717, 1.165) is 12.3 Å². The molecule has 2 aliphatic rings. The number of nitrogens with zero attached hydrogens (tertiary/aromatic N) is 1. The van der Waals surface area contributed by atoms with Gasteiger partial charge in [0.25, 0.3) is 0 Å². The second-order valence-electron chi connectivity index (χ2n) is 6.60. The quantitative estimate of drug-likeness (QED) is 0.793. The molecule has 90 valence electrons. The lowest BCUT2D eigenvalue weighted by atomic mass is 9.68. The van der Waals surface area contributed by atoms with Gasteiger partial charge in [0.2, 0.25) is 0 Å². The predicted molar refractivity (Wildman–Crippen MR) is 65.8 cm³/mol. The van der Waals surface area contributed by atoms with Crippen molar-refractivity contribution in [3.8, 4) is 6.07 Å². The molecule has 2 aliphatic carbocycles. The number of nitrogens with one attached hydrogen (secondary N) is 1. The zero-order valence-corrected chi connectivity index (χ0v) is 11.0. The molecule has 2 bridgehead atoms. The van der Waals surface area contributed by atoms with Gasteiger partial charge >= 0.3 is 0 Å². The van der Waals surface area contributed by atoms with Gasteiger partial charge in [-0.15, -0.1) is 0 Å². The Morgan fingerprint density at radius 2 is 2.12 bits per heavy atom. The van der Waals surface area contributed by atoms with Gasteiger partial charge in [-0.1, -0.05) is 27.7 Å². The van der Waals surface area contributed by atoms with Crippen LogP contribution >= 0.6 is 0 Å². The molecule has 4 atom stereocenters. The number of hydrogen-bond acceptors (Lipinski definition) is 2. The van der Waals surface area contributed by atoms with Gasteiger partial charge in [-0.3, -0.25) is 5.32 Å². The molecule has 2 saturated carbocycles. The van der Waals surface area contributed by atoms with Gasteiger partial charge < -0.3 is 0 Å². The average molecular weight is 220 g/mol. The molecule has 4 unspecified atom stereocenters. The fraction of sp³-hybridized carbons (Fsp3) is 0.929. The normalized spacial score (nSPS) is 41.9. The highest BCUT2D eigenvalue weighted by Crippen LogP contribution is 2.62. The van der Waals surface area contributed by atoms with E-state index in [1.54, 1.807) is 0 Å². The highest BCUT2D eigenvalue weighted by Gasteiger charge is 2.59. The highest BCUT2D eigenvalue weighted by molar-refractivity contribution is 5.13. The molecule has 2 fully saturated rings. The van der Waals surface area contributed by atoms with Gasteiger partial charge in [0, 0.05) is 6.04 Å². The Balaban J connectivity index is 2.17. The van der Waals surface area contributed by atoms with Crippen molar-refractivity contribution < 1.29 is 0 Å². The van der Waals surface area contributed by atoms with Crippen LogP contribution in [0.5, 0.6) is 0 Å². The van der Waals surface area contributed by atoms with Crippen LogP contribution in [0.25, 0.3) is 0 Å². The maximum atomic E-state index is 9.10. The Morgan fingerprint density at radius 1 is 1.44 bits per heavy atom. The molecule has 2 nitrogen and oxygen atoms in total. The number of nitriles is 1. The third-order valence-electron chi connectivity index (χ3n) is 5.20. The van der Waals surface area contributed by atoms with Gasteiger partial charge in [-0.05, 0) is 42.4 Å². The lowest BCUT2D eigenvalue weighted by Gasteiger charge is -2.44. The lowest BCUT2D eigenvalue weighted by molar-refractivity contribution is 0.103. The molecule has 1 N–H and O–H groups in total. The summed E-state index contributed by atoms with van der Waals surface area (Å²) in [4.78, 5) is 0. The summed E-state index contributed by atoms with van der Waals surface area (Å²) in [6, 6.07) is 2.93. The summed E-state index contributed by atoms with van der Waals surface area (Å²) in [5.41, 5.74) is 0.787. The van der Waals surface area contributed by atoms with Crippen LogP contribution < -0.4 is 5.32 Å². The first-order valence-electron chi connectivity index (χ1n) is 6.59. The smallest absolute Gasteiger partial charge is 0.0952 e. The van der Waals surface area contributed by atoms with Crippen LogP contribution in [0.15, 0.2) is 0 Å². The average Bonchev–Trinajstić information content (AvgIpc) is 2.69. The molecule has 0 aliphatic heterocycles. The first-order valence-corrected chi connectivity index (χ1v) is 6.59. The van der Waals surface area contributed by atoms with Crippen LogP contribution in [0, 0.1) is 28.1 Å². The second-order valence-corrected chi connectivity index (χ2v) is 6.60. The fourth-order valence-corrected chi connectivity index (χ4v) is 4.17. The number of hydrogen-bond donors (Lipinski definition) is 1. The third-order valence-corrected chi connectivity index (χ3v) is 5.20. The summed E-state index contributed by atoms with van der Waals surface area (Å²) < 4.78 is 0. The number of rotatable bonds is 3. The van der Waals surface area contributed by atoms with Gasteiger partial charge in [0.05, 0.1) is 12.1 Å². The Labute approximate surface area is 99.4 Å². The maximum Gasteiger partial charge on any atom is 0.0952 e. The molecule has 0 aromatic carbocycles. The molecule has 0 spiro atoms. The summed E-state index contributed by atoms with van der Waals surface area (Å²) in [6.45, 7) is 9.25. The van der Waals surface area contributed by atoms with E-state index < -0.39 is 0 Å². The van der Waals surface area contributed by atoms with Gasteiger partial charge in [-0.25, -0.2) is 0 Å². The van der Waals surface area contributed by atoms with Crippen LogP contribution in [-0.2, 0) is 0 Å². The molecule has 0 aromatic heterocycles. The van der Waals surface area contributed by atoms with E-state index in [9.17, 15) is 0 Å². The Hall–Kier alpha value is -0.550. The van der Waals surface area contributed by atoms with Gasteiger partial charge in [0.1, 0.15) is 0 Å². The van der Waals surface area contributed by atoms with Crippen molar-refractivity contribution in [2.24, 2.45) is 16.7 Å². The molecule has 0 heterocycles. The van der Waals surface area contributed by atoms with Crippen LogP contribution in [-0.4, -0.2) is 12.1 Å². The zero-order valence-electron chi connectivity index (χ0n) is 11.0. The molecule has 0 amide bonds. The number of fused-ring (bicyclic) bond motifs is 2. The van der Waals surface area contributed by atoms with Crippen molar-refractivity contribution in [2.75, 3.05) is 0 Å². The molecule has 2 rings (SSSR count). The van der Waals surface area contributed by atoms with E-state index in [1.807, 2.05) is 0 Å². The minimum absolute atomic E-state index is 0.0282. The van der Waals surface area contributed by atoms with Crippen LogP contribution in [0.1, 0.15) is 53.4 Å². The molecule has 0 radical (unpaired) electrons. The van der Waals surface area contributed by atoms with Crippen molar-refractivity contribution >= 4 is 0 Å². The van der Waals surface area contributed by atoms with E-state index in [-0.39, 0.29) is 6.04 Å². The molecule has 0 saturated heterocycles. The molecule has 0 aromatic rings. The van der Waals surface area contributed by atoms with Crippen molar-refractivity contribution in [1.29, 1.82) is 5.26 Å². The minimum atomic E-state index is 0.0282. The van der Waals surface area contributed by atoms with Crippen molar-refractivity contribution in [3.05, 3.63) is 0 Å². The van der Waals surface area contributed by atoms with E-state index >= 15 is 0 Å². The monoisotopic (exact) mass is 220 g/mol. The topological polar surface area (TPSA) is 35.8 Å². The fourth-order valence-electron chi connectivity index (χ4n) is 4.17. The van der Waals surface area contributed by atoms with E-state index in [2.05, 4.69) is 39.1 Å². The van der Waals surface area contributed by atoms with E-state index in [4.69, 9.17) is 5.26 Å². The predicted octanol–water partition coefficient (Wildman–Crippen LogP) is 3.09. The summed E-state index contributed by atoms with van der Waals surface area (Å²) in [5.74, 6) is 0.853. The minimum Gasteiger partial charge on any atom is -0.298 e. The summed E-state index contributed by atoms with van der Waals surface area (Å²) >= 11 is 0. The summed E-state index contributed by atoms with van der Waals surface area (Å²) in [7, 11) is 0. The molecule has 16 heavy (non-hydrogen) atoms. The second kappa shape index (κ2) is 3.74. The lowest BCUT2D eigenvalue weighted by Crippen LogP contribution is -2.53. The zero-order chi connectivity index (χ0) is 12.0. The third kappa shape index (κ3) is 1.57. The standard InChI is InChI=1S/C14H24N2/c1-5-11(9-15)16-12-13(2,3)10-6-7-14(12,4)8-10/h10-12,16H,5-8H2,1-4H3. The van der Waals surface area contributed by atoms with Crippen LogP contribution in [0.3, 0.4) is 0 Å². The Kier molecular flexibility index (Phi) is 2.78. The highest BCUT2D eigenvalue weighted by atomic mass is 15.0. The van der Waals surface area contributed by atoms with Crippen molar-refractivity contribution in [1.82, 2.24) is 5.32 Å². The maximum absolute atomic E-state index is 9.10. The molecular formula is C14H24N2. The SMILES string of the molecule is CCC(C#N)NC1C2(C)CCC(C2)C1(C)C. The molecular weight excluding hydrogens is 196 g/mol. The largest absolute Gasteiger partial charge is 0.298 e. The van der Waals surface area contributed by atoms with Crippen LogP contribution in [0.2, 0.25) is 0 Å². The Morgan fingerprint density at radius 3 is 2.56 bits per heavy atom. The molecule has 2 heteroatoms. The first-order chi connectivity index (χ1) is 7.44. The summed E-state index contributed by atoms with van der Waals surface area (Å²) in [5, 5.41) is 12.7. The van der Waals surface area contributed by atoms with Gasteiger partial charge in [-0.2, -0.15) is 5.26 Å². The van der Waals surface area contributed by atoms with E-state index in [1.165, 1.54) is 19.3 Å². The Bertz CT molecular complexity index is 310. The van der Waals surface area contributed by atoms with Crippen molar-refractivity contribution in [2.45, 2.75) is 65.5 Å². The van der Waals surface area contributed by atoms with Gasteiger partial charge in [0.15, 0.2) is 0 Å².